The summed E-state index contributed by atoms with van der Waals surface area (Å²) in [7, 11) is -3.94. The Morgan fingerprint density at radius 2 is 1.49 bits per heavy atom. The molecule has 4 aliphatic carbocycles. The molecule has 1 N–H and O–H groups in total. The zero-order valence-electron chi connectivity index (χ0n) is 31.8. The maximum atomic E-state index is 10.7. The fraction of sp³-hybridized carbons (Fsp3) is 0.846. The molecule has 0 aromatic rings. The second-order valence-corrected chi connectivity index (χ2v) is 28.2. The van der Waals surface area contributed by atoms with Gasteiger partial charge in [0.05, 0.1) is 24.4 Å². The summed E-state index contributed by atoms with van der Waals surface area (Å²) in [5.74, 6) is 1.04. The van der Waals surface area contributed by atoms with Crippen molar-refractivity contribution in [1.82, 2.24) is 0 Å². The van der Waals surface area contributed by atoms with Gasteiger partial charge in [0.15, 0.2) is 16.6 Å². The third-order valence-electron chi connectivity index (χ3n) is 14.1. The van der Waals surface area contributed by atoms with Crippen LogP contribution in [0.1, 0.15) is 121 Å². The van der Waals surface area contributed by atoms with Crippen LogP contribution in [0.3, 0.4) is 0 Å². The van der Waals surface area contributed by atoms with E-state index in [1.807, 2.05) is 0 Å². The Hall–Kier alpha value is -0.506. The summed E-state index contributed by atoms with van der Waals surface area (Å²) < 4.78 is 20.9. The van der Waals surface area contributed by atoms with Crippen LogP contribution in [0.5, 0.6) is 0 Å². The molecular weight excluding hydrogens is 589 g/mol. The van der Waals surface area contributed by atoms with E-state index in [2.05, 4.69) is 114 Å². The smallest absolute Gasteiger partial charge is 0.192 e. The van der Waals surface area contributed by atoms with Crippen molar-refractivity contribution in [3.05, 3.63) is 34.9 Å². The van der Waals surface area contributed by atoms with Crippen LogP contribution in [0.2, 0.25) is 36.3 Å². The lowest BCUT2D eigenvalue weighted by Gasteiger charge is -2.59. The maximum absolute atomic E-state index is 10.7. The quantitative estimate of drug-likeness (QED) is 0.136. The molecule has 6 atom stereocenters. The number of hydrogen-bond donors (Lipinski definition) is 1. The molecule has 258 valence electrons. The lowest BCUT2D eigenvalue weighted by Crippen LogP contribution is -2.58. The highest BCUT2D eigenvalue weighted by Gasteiger charge is 2.59. The lowest BCUT2D eigenvalue weighted by molar-refractivity contribution is -0.0396. The van der Waals surface area contributed by atoms with Crippen LogP contribution in [0.15, 0.2) is 34.9 Å². The Balaban J connectivity index is 1.60. The van der Waals surface area contributed by atoms with Crippen molar-refractivity contribution in [1.29, 1.82) is 0 Å². The predicted molar refractivity (Wildman–Crippen MR) is 196 cm³/mol. The van der Waals surface area contributed by atoms with Crippen LogP contribution in [0.4, 0.5) is 0 Å². The minimum atomic E-state index is -2.02. The van der Waals surface area contributed by atoms with Crippen LogP contribution >= 0.6 is 0 Å². The standard InChI is InChI=1S/C39H70O4Si2/c1-15-39(40,16-2)23-24-41-27-29-18-20-32-31-19-17-28-25-30(42-44(11,12)35(3,4)5)26-34(43-45(13,14)36(6,7)8)38(28,10)33(31)21-22-37(29,32)9/h17-19,30,32-34,40H,15-16,20-27H2,1-14H3/t30-,32+,33+,34+,37-,38+/m1/s1. The van der Waals surface area contributed by atoms with Crippen molar-refractivity contribution < 1.29 is 18.7 Å². The normalized spacial score (nSPS) is 32.7. The van der Waals surface area contributed by atoms with Crippen molar-refractivity contribution in [2.24, 2.45) is 22.7 Å². The van der Waals surface area contributed by atoms with E-state index in [1.165, 1.54) is 18.4 Å². The van der Waals surface area contributed by atoms with Gasteiger partial charge in [0, 0.05) is 12.0 Å². The highest BCUT2D eigenvalue weighted by Crippen LogP contribution is 2.64. The van der Waals surface area contributed by atoms with Gasteiger partial charge in [0.2, 0.25) is 0 Å². The van der Waals surface area contributed by atoms with Gasteiger partial charge in [-0.3, -0.25) is 0 Å². The van der Waals surface area contributed by atoms with Gasteiger partial charge in [-0.05, 0) is 110 Å². The van der Waals surface area contributed by atoms with E-state index < -0.39 is 22.2 Å². The molecule has 0 aromatic carbocycles. The molecule has 0 aromatic heterocycles. The molecule has 0 amide bonds. The second-order valence-electron chi connectivity index (χ2n) is 18.7. The molecule has 0 bridgehead atoms. The van der Waals surface area contributed by atoms with E-state index in [0.717, 1.165) is 32.1 Å². The van der Waals surface area contributed by atoms with Crippen molar-refractivity contribution >= 4 is 16.6 Å². The van der Waals surface area contributed by atoms with E-state index in [0.29, 0.717) is 31.5 Å². The molecule has 6 heteroatoms. The minimum absolute atomic E-state index is 0.00175. The van der Waals surface area contributed by atoms with Gasteiger partial charge in [-0.2, -0.15) is 0 Å². The van der Waals surface area contributed by atoms with E-state index >= 15 is 0 Å². The van der Waals surface area contributed by atoms with Gasteiger partial charge in [-0.1, -0.05) is 98.6 Å². The van der Waals surface area contributed by atoms with Gasteiger partial charge in [-0.25, -0.2) is 0 Å². The highest BCUT2D eigenvalue weighted by molar-refractivity contribution is 6.74. The number of hydrogen-bond acceptors (Lipinski definition) is 4. The SMILES string of the molecule is CCC(O)(CC)CCOCC1=CC[C@H]2C3=CC=C4C[C@@H](O[Si](C)(C)C(C)(C)C)C[C@H](O[Si](C)(C)C(C)(C)C)[C@]4(C)[C@H]3CC[C@]12C. The largest absolute Gasteiger partial charge is 0.414 e. The molecule has 4 rings (SSSR count). The second kappa shape index (κ2) is 12.7. The molecule has 45 heavy (non-hydrogen) atoms. The van der Waals surface area contributed by atoms with Gasteiger partial charge in [-0.15, -0.1) is 0 Å². The molecule has 0 radical (unpaired) electrons. The minimum Gasteiger partial charge on any atom is -0.414 e. The average molecular weight is 659 g/mol. The topological polar surface area (TPSA) is 47.9 Å². The Kier molecular flexibility index (Phi) is 10.6. The fourth-order valence-corrected chi connectivity index (χ4v) is 11.1. The number of fused-ring (bicyclic) bond motifs is 5. The Labute approximate surface area is 280 Å². The number of aliphatic hydroxyl groups is 1. The van der Waals surface area contributed by atoms with Crippen molar-refractivity contribution in [3.63, 3.8) is 0 Å². The van der Waals surface area contributed by atoms with Crippen LogP contribution in [-0.4, -0.2) is 52.8 Å². The highest BCUT2D eigenvalue weighted by atomic mass is 28.4. The van der Waals surface area contributed by atoms with E-state index in [-0.39, 0.29) is 33.1 Å². The summed E-state index contributed by atoms with van der Waals surface area (Å²) in [5.41, 5.74) is 4.24. The Morgan fingerprint density at radius 3 is 2.07 bits per heavy atom. The first kappa shape index (κ1) is 37.3. The molecule has 2 saturated carbocycles. The van der Waals surface area contributed by atoms with Crippen LogP contribution in [-0.2, 0) is 13.6 Å². The van der Waals surface area contributed by atoms with E-state index in [9.17, 15) is 5.11 Å². The third kappa shape index (κ3) is 6.99. The van der Waals surface area contributed by atoms with Crippen LogP contribution in [0, 0.1) is 22.7 Å². The molecule has 2 fully saturated rings. The summed E-state index contributed by atoms with van der Waals surface area (Å²) in [5, 5.41) is 11.1. The van der Waals surface area contributed by atoms with Crippen molar-refractivity contribution in [2.45, 2.75) is 175 Å². The molecular formula is C39H70O4Si2. The molecule has 4 aliphatic rings. The van der Waals surface area contributed by atoms with Gasteiger partial charge in [0.25, 0.3) is 0 Å². The van der Waals surface area contributed by atoms with Gasteiger partial charge in [0.1, 0.15) is 0 Å². The Bertz CT molecular complexity index is 1160. The first-order valence-corrected chi connectivity index (χ1v) is 24.1. The number of rotatable bonds is 11. The van der Waals surface area contributed by atoms with Crippen molar-refractivity contribution in [2.75, 3.05) is 13.2 Å². The maximum Gasteiger partial charge on any atom is 0.192 e. The third-order valence-corrected chi connectivity index (χ3v) is 23.2. The first-order valence-electron chi connectivity index (χ1n) is 18.3. The van der Waals surface area contributed by atoms with Gasteiger partial charge >= 0.3 is 0 Å². The number of ether oxygens (including phenoxy) is 1. The van der Waals surface area contributed by atoms with Crippen LogP contribution in [0.25, 0.3) is 0 Å². The van der Waals surface area contributed by atoms with Gasteiger partial charge < -0.3 is 18.7 Å². The summed E-state index contributed by atoms with van der Waals surface area (Å²) in [6.07, 6.45) is 15.7. The lowest BCUT2D eigenvalue weighted by atomic mass is 9.50. The number of allylic oxidation sites excluding steroid dienone is 4. The predicted octanol–water partition coefficient (Wildman–Crippen LogP) is 10.8. The molecule has 0 heterocycles. The summed E-state index contributed by atoms with van der Waals surface area (Å²) in [6, 6.07) is 0. The summed E-state index contributed by atoms with van der Waals surface area (Å²) in [4.78, 5) is 0. The zero-order valence-corrected chi connectivity index (χ0v) is 33.8. The van der Waals surface area contributed by atoms with Crippen molar-refractivity contribution in [3.8, 4) is 0 Å². The fourth-order valence-electron chi connectivity index (χ4n) is 8.34. The molecule has 0 saturated heterocycles. The molecule has 0 spiro atoms. The van der Waals surface area contributed by atoms with E-state index in [4.69, 9.17) is 13.6 Å². The molecule has 4 nitrogen and oxygen atoms in total. The molecule has 0 unspecified atom stereocenters. The summed E-state index contributed by atoms with van der Waals surface area (Å²) in [6.45, 7) is 34.4. The van der Waals surface area contributed by atoms with E-state index in [1.54, 1.807) is 11.1 Å². The molecule has 0 aliphatic heterocycles. The average Bonchev–Trinajstić information content (AvgIpc) is 3.26. The summed E-state index contributed by atoms with van der Waals surface area (Å²) >= 11 is 0. The van der Waals surface area contributed by atoms with Crippen LogP contribution < -0.4 is 0 Å². The zero-order chi connectivity index (χ0) is 33.9. The monoisotopic (exact) mass is 658 g/mol. The Morgan fingerprint density at radius 1 is 0.889 bits per heavy atom. The first-order chi connectivity index (χ1) is 20.5.